The number of benzene rings is 3. The second kappa shape index (κ2) is 10.2. The Kier molecular flexibility index (Phi) is 6.67. The number of hydrogen-bond acceptors (Lipinski definition) is 6. The van der Waals surface area contributed by atoms with Crippen molar-refractivity contribution in [2.45, 2.75) is 12.6 Å². The first-order valence-corrected chi connectivity index (χ1v) is 11.5. The van der Waals surface area contributed by atoms with Gasteiger partial charge in [-0.25, -0.2) is 13.5 Å². The maximum Gasteiger partial charge on any atom is 0.173 e. The summed E-state index contributed by atoms with van der Waals surface area (Å²) >= 11 is 0. The smallest absolute Gasteiger partial charge is 0.173 e. The zero-order valence-electron chi connectivity index (χ0n) is 19.4. The molecule has 1 aromatic heterocycles. The lowest BCUT2D eigenvalue weighted by Crippen LogP contribution is -2.48. The minimum atomic E-state index is -0.291. The first kappa shape index (κ1) is 22.9. The van der Waals surface area contributed by atoms with Crippen LogP contribution in [0.4, 0.5) is 14.5 Å². The van der Waals surface area contributed by atoms with Crippen molar-refractivity contribution in [2.75, 3.05) is 38.2 Å². The van der Waals surface area contributed by atoms with Gasteiger partial charge in [-0.05, 0) is 58.0 Å². The summed E-state index contributed by atoms with van der Waals surface area (Å²) in [6.07, 6.45) is 0. The summed E-state index contributed by atoms with van der Waals surface area (Å²) in [6, 6.07) is 20.6. The van der Waals surface area contributed by atoms with Gasteiger partial charge in [-0.1, -0.05) is 30.3 Å². The Morgan fingerprint density at radius 1 is 0.886 bits per heavy atom. The summed E-state index contributed by atoms with van der Waals surface area (Å²) in [5.41, 5.74) is 2.92. The van der Waals surface area contributed by atoms with Crippen molar-refractivity contribution >= 4 is 5.69 Å². The predicted molar refractivity (Wildman–Crippen MR) is 128 cm³/mol. The average Bonchev–Trinajstić information content (AvgIpc) is 3.34. The van der Waals surface area contributed by atoms with E-state index in [4.69, 9.17) is 4.74 Å². The Balaban J connectivity index is 1.41. The molecule has 0 spiro atoms. The van der Waals surface area contributed by atoms with Crippen LogP contribution in [0.5, 0.6) is 5.75 Å². The number of hydrogen-bond donors (Lipinski definition) is 0. The number of aromatic nitrogens is 4. The van der Waals surface area contributed by atoms with E-state index in [2.05, 4.69) is 31.4 Å². The number of anilines is 1. The first-order chi connectivity index (χ1) is 17.1. The monoisotopic (exact) mass is 476 g/mol. The molecule has 4 aromatic rings. The van der Waals surface area contributed by atoms with Gasteiger partial charge in [0.15, 0.2) is 5.82 Å². The van der Waals surface area contributed by atoms with Crippen molar-refractivity contribution in [2.24, 2.45) is 0 Å². The third kappa shape index (κ3) is 5.14. The lowest BCUT2D eigenvalue weighted by Gasteiger charge is -2.40. The van der Waals surface area contributed by atoms with Gasteiger partial charge in [-0.15, -0.1) is 5.10 Å². The summed E-state index contributed by atoms with van der Waals surface area (Å²) in [7, 11) is 1.67. The van der Waals surface area contributed by atoms with Gasteiger partial charge in [-0.3, -0.25) is 4.90 Å². The molecule has 9 heteroatoms. The van der Waals surface area contributed by atoms with Crippen LogP contribution in [0.15, 0.2) is 72.8 Å². The van der Waals surface area contributed by atoms with E-state index >= 15 is 0 Å². The Morgan fingerprint density at radius 2 is 1.57 bits per heavy atom. The van der Waals surface area contributed by atoms with Gasteiger partial charge in [0.2, 0.25) is 0 Å². The fourth-order valence-electron chi connectivity index (χ4n) is 4.50. The summed E-state index contributed by atoms with van der Waals surface area (Å²) in [5.74, 6) is 0.912. The summed E-state index contributed by atoms with van der Waals surface area (Å²) in [6.45, 7) is 3.56. The van der Waals surface area contributed by atoms with Crippen LogP contribution in [0.25, 0.3) is 0 Å². The third-order valence-corrected chi connectivity index (χ3v) is 6.33. The quantitative estimate of drug-likeness (QED) is 0.403. The van der Waals surface area contributed by atoms with E-state index in [1.807, 2.05) is 18.2 Å². The molecular formula is C26H26F2N6O. The van der Waals surface area contributed by atoms with Gasteiger partial charge in [0.05, 0.1) is 19.7 Å². The molecular weight excluding hydrogens is 450 g/mol. The molecule has 0 amide bonds. The van der Waals surface area contributed by atoms with Crippen LogP contribution in [0, 0.1) is 11.6 Å². The number of nitrogens with zero attached hydrogens (tertiary/aromatic N) is 6. The highest BCUT2D eigenvalue weighted by Gasteiger charge is 2.31. The molecule has 0 aliphatic carbocycles. The number of halogens is 2. The minimum absolute atomic E-state index is 0.251. The van der Waals surface area contributed by atoms with Gasteiger partial charge < -0.3 is 9.64 Å². The van der Waals surface area contributed by atoms with Gasteiger partial charge in [0.1, 0.15) is 17.4 Å². The highest BCUT2D eigenvalue weighted by Crippen LogP contribution is 2.30. The van der Waals surface area contributed by atoms with Crippen molar-refractivity contribution in [1.82, 2.24) is 25.1 Å². The molecule has 2 heterocycles. The van der Waals surface area contributed by atoms with Crippen LogP contribution < -0.4 is 9.64 Å². The normalized spacial score (nSPS) is 15.2. The lowest BCUT2D eigenvalue weighted by atomic mass is 10.0. The maximum atomic E-state index is 13.7. The van der Waals surface area contributed by atoms with Crippen molar-refractivity contribution in [3.05, 3.63) is 101 Å². The topological polar surface area (TPSA) is 59.3 Å². The van der Waals surface area contributed by atoms with Crippen LogP contribution in [-0.4, -0.2) is 58.4 Å². The van der Waals surface area contributed by atoms with Crippen molar-refractivity contribution in [3.63, 3.8) is 0 Å². The number of rotatable bonds is 7. The van der Waals surface area contributed by atoms with Gasteiger partial charge in [-0.2, -0.15) is 0 Å². The number of ether oxygens (including phenoxy) is 1. The largest absolute Gasteiger partial charge is 0.497 e. The molecule has 1 aliphatic rings. The zero-order valence-corrected chi connectivity index (χ0v) is 19.4. The SMILES string of the molecule is COc1cccc(N2CCN([C@H](c3ccc(F)cc3)c3nnnn3Cc3ccc(F)cc3)CC2)c1. The standard InChI is InChI=1S/C26H26F2N6O/c1-35-24-4-2-3-23(17-24)32-13-15-33(16-14-32)25(20-7-11-22(28)12-8-20)26-29-30-31-34(26)18-19-5-9-21(27)10-6-19/h2-12,17,25H,13-16,18H2,1H3/t25-/m1/s1. The Bertz CT molecular complexity index is 1250. The highest BCUT2D eigenvalue weighted by molar-refractivity contribution is 5.51. The zero-order chi connectivity index (χ0) is 24.2. The third-order valence-electron chi connectivity index (χ3n) is 6.33. The van der Waals surface area contributed by atoms with Crippen LogP contribution in [0.2, 0.25) is 0 Å². The first-order valence-electron chi connectivity index (χ1n) is 11.5. The predicted octanol–water partition coefficient (Wildman–Crippen LogP) is 3.92. The van der Waals surface area contributed by atoms with E-state index in [0.29, 0.717) is 12.4 Å². The van der Waals surface area contributed by atoms with E-state index in [9.17, 15) is 8.78 Å². The molecule has 3 aromatic carbocycles. The fourth-order valence-corrected chi connectivity index (χ4v) is 4.50. The fraction of sp³-hybridized carbons (Fsp3) is 0.269. The molecule has 1 aliphatic heterocycles. The van der Waals surface area contributed by atoms with Crippen molar-refractivity contribution in [3.8, 4) is 5.75 Å². The van der Waals surface area contributed by atoms with Crippen molar-refractivity contribution < 1.29 is 13.5 Å². The minimum Gasteiger partial charge on any atom is -0.497 e. The summed E-state index contributed by atoms with van der Waals surface area (Å²) < 4.78 is 34.2. The second-order valence-electron chi connectivity index (χ2n) is 8.50. The molecule has 1 atom stereocenters. The lowest BCUT2D eigenvalue weighted by molar-refractivity contribution is 0.201. The van der Waals surface area contributed by atoms with Crippen LogP contribution in [-0.2, 0) is 6.54 Å². The Labute approximate surface area is 202 Å². The van der Waals surface area contributed by atoms with Crippen LogP contribution in [0.1, 0.15) is 23.0 Å². The summed E-state index contributed by atoms with van der Waals surface area (Å²) in [5, 5.41) is 12.5. The van der Waals surface area contributed by atoms with Gasteiger partial charge in [0, 0.05) is 37.9 Å². The van der Waals surface area contributed by atoms with Crippen molar-refractivity contribution in [1.29, 1.82) is 0 Å². The Hall–Kier alpha value is -3.85. The van der Waals surface area contributed by atoms with E-state index in [1.165, 1.54) is 24.3 Å². The van der Waals surface area contributed by atoms with Crippen LogP contribution in [0.3, 0.4) is 0 Å². The maximum absolute atomic E-state index is 13.7. The Morgan fingerprint density at radius 3 is 2.26 bits per heavy atom. The van der Waals surface area contributed by atoms with Gasteiger partial charge >= 0.3 is 0 Å². The number of methoxy groups -OCH3 is 1. The number of tetrazole rings is 1. The molecule has 180 valence electrons. The molecule has 35 heavy (non-hydrogen) atoms. The molecule has 1 fully saturated rings. The van der Waals surface area contributed by atoms with Gasteiger partial charge in [0.25, 0.3) is 0 Å². The van der Waals surface area contributed by atoms with E-state index < -0.39 is 0 Å². The highest BCUT2D eigenvalue weighted by atomic mass is 19.1. The molecule has 0 N–H and O–H groups in total. The molecule has 0 unspecified atom stereocenters. The molecule has 7 nitrogen and oxygen atoms in total. The van der Waals surface area contributed by atoms with E-state index in [-0.39, 0.29) is 17.7 Å². The van der Waals surface area contributed by atoms with Crippen LogP contribution >= 0.6 is 0 Å². The average molecular weight is 477 g/mol. The molecule has 1 saturated heterocycles. The van der Waals surface area contributed by atoms with E-state index in [1.54, 1.807) is 36.1 Å². The molecule has 0 saturated carbocycles. The second-order valence-corrected chi connectivity index (χ2v) is 8.50. The van der Waals surface area contributed by atoms with E-state index in [0.717, 1.165) is 48.7 Å². The molecule has 5 rings (SSSR count). The number of piperazine rings is 1. The molecule has 0 bridgehead atoms. The summed E-state index contributed by atoms with van der Waals surface area (Å²) in [4.78, 5) is 4.64. The molecule has 0 radical (unpaired) electrons.